The molecule has 2 fully saturated rings. The summed E-state index contributed by atoms with van der Waals surface area (Å²) in [6, 6.07) is 14.2. The Bertz CT molecular complexity index is 2890. The van der Waals surface area contributed by atoms with Crippen LogP contribution in [0.4, 0.5) is 17.8 Å². The molecule has 416 valence electrons. The summed E-state index contributed by atoms with van der Waals surface area (Å²) in [6.45, 7) is 9.59. The van der Waals surface area contributed by atoms with E-state index in [1.165, 1.54) is 4.68 Å². The normalized spacial score (nSPS) is 15.9. The van der Waals surface area contributed by atoms with Crippen LogP contribution in [-0.4, -0.2) is 186 Å². The largest absolute Gasteiger partial charge is 0.508 e. The molecule has 0 spiro atoms. The van der Waals surface area contributed by atoms with Gasteiger partial charge in [-0.15, -0.1) is 16.6 Å². The summed E-state index contributed by atoms with van der Waals surface area (Å²) in [4.78, 5) is 66.4. The molecule has 8 rings (SSSR count). The SMILES string of the molecule is C#CCOCCOCCOCCNc1nc(N2CCN(C(=O)[C@H](CCC(=O)O)n3cc(C(N)Cc4ccc(O)cc4)nn3)CC2)nc(N2CCN(C(=O)[C@H](Cc3cc4ccccc4[nH]3)n3cc(C(N)[C@H](C)CC)nn3)CC2)n1. The summed E-state index contributed by atoms with van der Waals surface area (Å²) in [5, 5.41) is 41.1. The van der Waals surface area contributed by atoms with Crippen LogP contribution in [0.5, 0.6) is 5.75 Å². The molecule has 2 aliphatic rings. The van der Waals surface area contributed by atoms with E-state index in [1.54, 1.807) is 46.2 Å². The molecule has 78 heavy (non-hydrogen) atoms. The first-order valence-electron chi connectivity index (χ1n) is 26.5. The van der Waals surface area contributed by atoms with Crippen LogP contribution in [0.1, 0.15) is 79.9 Å². The monoisotopic (exact) mass is 1070 g/mol. The average Bonchev–Trinajstić information content (AvgIpc) is 4.26. The van der Waals surface area contributed by atoms with E-state index < -0.39 is 24.1 Å². The van der Waals surface area contributed by atoms with E-state index in [4.69, 9.17) is 47.1 Å². The van der Waals surface area contributed by atoms with Gasteiger partial charge < -0.3 is 65.8 Å². The van der Waals surface area contributed by atoms with Crippen molar-refractivity contribution in [2.75, 3.05) is 114 Å². The smallest absolute Gasteiger partial charge is 0.303 e. The summed E-state index contributed by atoms with van der Waals surface area (Å²) < 4.78 is 19.6. The fraction of sp³-hybridized carbons (Fsp3) is 0.509. The number of carboxylic acid groups (broad SMARTS) is 1. The zero-order valence-electron chi connectivity index (χ0n) is 44.3. The van der Waals surface area contributed by atoms with Crippen molar-refractivity contribution in [1.82, 2.24) is 59.7 Å². The number of piperazine rings is 2. The minimum absolute atomic E-state index is 0.00678. The predicted molar refractivity (Wildman–Crippen MR) is 289 cm³/mol. The molecule has 2 amide bonds. The number of carbonyl (C=O) groups excluding carboxylic acids is 2. The molecule has 2 saturated heterocycles. The van der Waals surface area contributed by atoms with Crippen LogP contribution in [-0.2, 0) is 41.4 Å². The molecule has 0 radical (unpaired) electrons. The molecule has 2 unspecified atom stereocenters. The summed E-state index contributed by atoms with van der Waals surface area (Å²) >= 11 is 0. The Morgan fingerprint density at radius 1 is 0.769 bits per heavy atom. The van der Waals surface area contributed by atoms with Crippen molar-refractivity contribution >= 4 is 46.5 Å². The Kier molecular flexibility index (Phi) is 19.9. The van der Waals surface area contributed by atoms with Crippen LogP contribution in [0.3, 0.4) is 0 Å². The highest BCUT2D eigenvalue weighted by molar-refractivity contribution is 5.83. The van der Waals surface area contributed by atoms with Gasteiger partial charge in [-0.1, -0.05) is 66.9 Å². The molecule has 8 N–H and O–H groups in total. The number of para-hydroxylation sites is 1. The van der Waals surface area contributed by atoms with E-state index in [-0.39, 0.29) is 62.1 Å². The lowest BCUT2D eigenvalue weighted by atomic mass is 9.98. The number of carboxylic acids is 1. The minimum atomic E-state index is -1.04. The van der Waals surface area contributed by atoms with Gasteiger partial charge in [0.25, 0.3) is 0 Å². The van der Waals surface area contributed by atoms with Crippen molar-refractivity contribution in [1.29, 1.82) is 0 Å². The van der Waals surface area contributed by atoms with Crippen LogP contribution in [0.25, 0.3) is 10.9 Å². The molecule has 2 aromatic carbocycles. The standard InChI is InChI=1S/C53H71N17O8/c1-4-25-76-27-29-78-30-28-77-26-16-56-51-58-52(67-21-17-65(18-22-67)49(74)45(14-15-47(72)73)69-34-43(61-63-69)41(54)31-37-10-12-40(71)13-11-37)60-53(59-51)68-23-19-66(20-24-68)50(75)46(33-39-32-38-8-6-7-9-42(38)57-39)70-35-44(62-64-70)48(55)36(3)5-2/h1,6-13,32,34-36,41,45-46,48,57,71H,5,14-31,33,54-55H2,2-3H3,(H,72,73)(H,56,58,59,60)/t36-,41?,45+,46+,48?/m1/s1. The number of H-pyrrole nitrogens is 1. The van der Waals surface area contributed by atoms with Crippen molar-refractivity contribution in [3.8, 4) is 18.1 Å². The number of fused-ring (bicyclic) bond motifs is 1. The number of ether oxygens (including phenoxy) is 3. The Hall–Kier alpha value is -7.76. The average molecular weight is 1070 g/mol. The van der Waals surface area contributed by atoms with Crippen molar-refractivity contribution in [3.63, 3.8) is 0 Å². The van der Waals surface area contributed by atoms with Gasteiger partial charge in [-0.2, -0.15) is 15.0 Å². The van der Waals surface area contributed by atoms with E-state index >= 15 is 0 Å². The number of terminal acetylenes is 1. The van der Waals surface area contributed by atoms with E-state index in [9.17, 15) is 24.6 Å². The molecule has 0 saturated carbocycles. The maximum Gasteiger partial charge on any atom is 0.303 e. The van der Waals surface area contributed by atoms with Gasteiger partial charge in [0.15, 0.2) is 0 Å². The topological polar surface area (TPSA) is 312 Å². The number of rotatable bonds is 28. The molecule has 25 heteroatoms. The first-order valence-corrected chi connectivity index (χ1v) is 26.5. The Morgan fingerprint density at radius 2 is 1.36 bits per heavy atom. The number of aromatic amines is 1. The van der Waals surface area contributed by atoms with E-state index in [1.807, 2.05) is 39.0 Å². The molecule has 6 aromatic rings. The quantitative estimate of drug-likeness (QED) is 0.0304. The highest BCUT2D eigenvalue weighted by atomic mass is 16.5. The van der Waals surface area contributed by atoms with Crippen molar-refractivity contribution in [2.24, 2.45) is 17.4 Å². The number of phenolic OH excluding ortho intramolecular Hbond substituents is 1. The number of nitrogens with zero attached hydrogens (tertiary/aromatic N) is 13. The second-order valence-corrected chi connectivity index (χ2v) is 19.5. The second kappa shape index (κ2) is 27.5. The first kappa shape index (κ1) is 56.4. The van der Waals surface area contributed by atoms with Gasteiger partial charge >= 0.3 is 5.97 Å². The van der Waals surface area contributed by atoms with Crippen LogP contribution in [0, 0.1) is 18.3 Å². The number of anilines is 3. The maximum atomic E-state index is 14.7. The number of aliphatic carboxylic acids is 1. The first-order chi connectivity index (χ1) is 37.9. The zero-order chi connectivity index (χ0) is 55.0. The molecule has 5 atom stereocenters. The van der Waals surface area contributed by atoms with Gasteiger partial charge in [-0.3, -0.25) is 14.4 Å². The molecule has 0 aliphatic carbocycles. The number of nitrogens with two attached hydrogens (primary N) is 2. The third kappa shape index (κ3) is 15.0. The Morgan fingerprint density at radius 3 is 1.99 bits per heavy atom. The number of hydrogen-bond donors (Lipinski definition) is 6. The number of amides is 2. The van der Waals surface area contributed by atoms with Gasteiger partial charge in [0.1, 0.15) is 24.4 Å². The molecular weight excluding hydrogens is 1000 g/mol. The minimum Gasteiger partial charge on any atom is -0.508 e. The number of aromatic hydroxyl groups is 1. The van der Waals surface area contributed by atoms with E-state index in [0.717, 1.165) is 28.6 Å². The number of hydrogen-bond acceptors (Lipinski definition) is 19. The molecular formula is C53H71N17O8. The highest BCUT2D eigenvalue weighted by Gasteiger charge is 2.34. The number of benzene rings is 2. The summed E-state index contributed by atoms with van der Waals surface area (Å²) in [7, 11) is 0. The third-order valence-electron chi connectivity index (χ3n) is 14.1. The van der Waals surface area contributed by atoms with E-state index in [2.05, 4.69) is 56.8 Å². The second-order valence-electron chi connectivity index (χ2n) is 19.5. The summed E-state index contributed by atoms with van der Waals surface area (Å²) in [5.41, 5.74) is 16.9. The van der Waals surface area contributed by atoms with Crippen LogP contribution < -0.4 is 26.6 Å². The molecule has 4 aromatic heterocycles. The van der Waals surface area contributed by atoms with Crippen LogP contribution in [0.2, 0.25) is 0 Å². The lowest BCUT2D eigenvalue weighted by Gasteiger charge is -2.38. The fourth-order valence-electron chi connectivity index (χ4n) is 9.32. The third-order valence-corrected chi connectivity index (χ3v) is 14.1. The number of phenols is 1. The predicted octanol–water partition coefficient (Wildman–Crippen LogP) is 2.51. The lowest BCUT2D eigenvalue weighted by molar-refractivity contribution is -0.139. The molecule has 6 heterocycles. The Balaban J connectivity index is 0.945. The van der Waals surface area contributed by atoms with Gasteiger partial charge in [-0.25, -0.2) is 9.36 Å². The van der Waals surface area contributed by atoms with Gasteiger partial charge in [0.2, 0.25) is 29.7 Å². The van der Waals surface area contributed by atoms with Crippen LogP contribution in [0.15, 0.2) is 67.0 Å². The van der Waals surface area contributed by atoms with Gasteiger partial charge in [-0.05, 0) is 54.0 Å². The lowest BCUT2D eigenvalue weighted by Crippen LogP contribution is -2.52. The van der Waals surface area contributed by atoms with Crippen molar-refractivity contribution in [3.05, 3.63) is 89.6 Å². The number of carbonyl (C=O) groups is 3. The number of aromatic nitrogens is 10. The zero-order valence-corrected chi connectivity index (χ0v) is 44.3. The van der Waals surface area contributed by atoms with E-state index in [0.29, 0.717) is 121 Å². The fourth-order valence-corrected chi connectivity index (χ4v) is 9.32. The summed E-state index contributed by atoms with van der Waals surface area (Å²) in [6.07, 6.45) is 9.99. The maximum absolute atomic E-state index is 14.7. The summed E-state index contributed by atoms with van der Waals surface area (Å²) in [5.74, 6) is 2.44. The highest BCUT2D eigenvalue weighted by Crippen LogP contribution is 2.27. The number of nitrogens with one attached hydrogen (secondary N) is 2. The Labute approximate surface area is 452 Å². The van der Waals surface area contributed by atoms with Crippen LogP contribution >= 0.6 is 0 Å². The molecule has 0 bridgehead atoms. The van der Waals surface area contributed by atoms with Gasteiger partial charge in [0.05, 0.1) is 68.9 Å². The van der Waals surface area contributed by atoms with Gasteiger partial charge in [0, 0.05) is 83.0 Å². The molecule has 2 aliphatic heterocycles. The van der Waals surface area contributed by atoms with Crippen molar-refractivity contribution in [2.45, 2.75) is 70.1 Å². The molecule has 25 nitrogen and oxygen atoms in total. The van der Waals surface area contributed by atoms with Crippen molar-refractivity contribution < 1.29 is 38.8 Å².